The second-order valence-corrected chi connectivity index (χ2v) is 8.26. The number of amidine groups is 1. The summed E-state index contributed by atoms with van der Waals surface area (Å²) in [5, 5.41) is 1.83. The third-order valence-corrected chi connectivity index (χ3v) is 6.71. The molecule has 0 atom stereocenters. The maximum absolute atomic E-state index is 11.6. The molecular weight excluding hydrogens is 400 g/mol. The lowest BCUT2D eigenvalue weighted by Crippen LogP contribution is -2.30. The van der Waals surface area contributed by atoms with E-state index in [1.807, 2.05) is 56.8 Å². The molecule has 0 saturated heterocycles. The van der Waals surface area contributed by atoms with Crippen molar-refractivity contribution < 1.29 is 9.36 Å². The van der Waals surface area contributed by atoms with E-state index >= 15 is 0 Å². The number of anilines is 1. The number of amides is 1. The fourth-order valence-corrected chi connectivity index (χ4v) is 4.94. The van der Waals surface area contributed by atoms with E-state index in [9.17, 15) is 4.79 Å². The van der Waals surface area contributed by atoms with Gasteiger partial charge in [-0.25, -0.2) is 4.57 Å². The van der Waals surface area contributed by atoms with E-state index in [4.69, 9.17) is 4.99 Å². The SMILES string of the molecule is CC.CCN(C=O)/C(=N/c1cccc[n+]1C)S/C(C)=C1/Sc2ccccc2N1C. The van der Waals surface area contributed by atoms with Crippen molar-refractivity contribution in [1.29, 1.82) is 0 Å². The molecule has 0 N–H and O–H groups in total. The van der Waals surface area contributed by atoms with Crippen molar-refractivity contribution in [2.24, 2.45) is 12.0 Å². The third kappa shape index (κ3) is 5.42. The number of carbonyl (C=O) groups excluding carboxylic acids is 1. The zero-order valence-electron chi connectivity index (χ0n) is 17.9. The molecule has 0 radical (unpaired) electrons. The first-order chi connectivity index (χ1) is 14.0. The Bertz CT molecular complexity index is 911. The van der Waals surface area contributed by atoms with Crippen molar-refractivity contribution in [1.82, 2.24) is 4.90 Å². The molecule has 1 aromatic heterocycles. The lowest BCUT2D eigenvalue weighted by Gasteiger charge is -2.18. The van der Waals surface area contributed by atoms with Gasteiger partial charge in [-0.1, -0.05) is 43.8 Å². The molecule has 0 aliphatic carbocycles. The van der Waals surface area contributed by atoms with Crippen LogP contribution in [0, 0.1) is 0 Å². The van der Waals surface area contributed by atoms with Crippen LogP contribution in [-0.2, 0) is 11.8 Å². The average molecular weight is 430 g/mol. The zero-order valence-corrected chi connectivity index (χ0v) is 19.5. The molecule has 1 aliphatic heterocycles. The van der Waals surface area contributed by atoms with Gasteiger partial charge in [0.15, 0.2) is 0 Å². The molecule has 1 amide bonds. The third-order valence-electron chi connectivity index (χ3n) is 4.23. The van der Waals surface area contributed by atoms with Crippen LogP contribution in [0.2, 0.25) is 0 Å². The smallest absolute Gasteiger partial charge is 0.326 e. The van der Waals surface area contributed by atoms with Crippen LogP contribution in [0.4, 0.5) is 11.5 Å². The average Bonchev–Trinajstić information content (AvgIpc) is 3.09. The van der Waals surface area contributed by atoms with E-state index in [1.165, 1.54) is 22.3 Å². The number of pyridine rings is 1. The molecule has 1 aliphatic rings. The Balaban J connectivity index is 0.00000145. The van der Waals surface area contributed by atoms with E-state index in [-0.39, 0.29) is 0 Å². The molecule has 0 saturated carbocycles. The molecule has 1 aromatic carbocycles. The molecule has 2 heterocycles. The van der Waals surface area contributed by atoms with Gasteiger partial charge in [-0.15, -0.1) is 0 Å². The lowest BCUT2D eigenvalue weighted by atomic mass is 10.3. The highest BCUT2D eigenvalue weighted by molar-refractivity contribution is 8.17. The van der Waals surface area contributed by atoms with Gasteiger partial charge in [-0.2, -0.15) is 0 Å². The first-order valence-corrected chi connectivity index (χ1v) is 11.3. The van der Waals surface area contributed by atoms with Crippen molar-refractivity contribution >= 4 is 46.6 Å². The molecule has 29 heavy (non-hydrogen) atoms. The van der Waals surface area contributed by atoms with Crippen molar-refractivity contribution in [3.63, 3.8) is 0 Å². The fourth-order valence-electron chi connectivity index (χ4n) is 2.72. The number of aromatic nitrogens is 1. The minimum absolute atomic E-state index is 0.567. The van der Waals surface area contributed by atoms with Crippen molar-refractivity contribution in [2.75, 3.05) is 18.5 Å². The normalized spacial score (nSPS) is 14.7. The Morgan fingerprint density at radius 1 is 1.24 bits per heavy atom. The number of hydrogen-bond acceptors (Lipinski definition) is 5. The second-order valence-electron chi connectivity index (χ2n) is 6.05. The second kappa shape index (κ2) is 11.1. The standard InChI is InChI=1S/C20H23N4OS2.C2H6/c1-5-24(14-25)20(21-18-12-8-9-13-22(18)3)26-15(2)19-23(4)16-10-6-7-11-17(16)27-19;1-2/h6-14H,5H2,1-4H3;1-2H3/q+1;/b19-15+;. The molecule has 3 rings (SSSR count). The van der Waals surface area contributed by atoms with Crippen LogP contribution in [-0.4, -0.2) is 30.1 Å². The van der Waals surface area contributed by atoms with Crippen LogP contribution < -0.4 is 9.47 Å². The summed E-state index contributed by atoms with van der Waals surface area (Å²) in [4.78, 5) is 22.5. The van der Waals surface area contributed by atoms with Crippen LogP contribution in [0.15, 0.2) is 68.5 Å². The van der Waals surface area contributed by atoms with Gasteiger partial charge in [0.2, 0.25) is 6.41 Å². The first kappa shape index (κ1) is 23.0. The summed E-state index contributed by atoms with van der Waals surface area (Å²) in [5.74, 6) is 0.800. The first-order valence-electron chi connectivity index (χ1n) is 9.69. The van der Waals surface area contributed by atoms with E-state index in [0.717, 1.165) is 22.2 Å². The number of carbonyl (C=O) groups is 1. The van der Waals surface area contributed by atoms with E-state index in [2.05, 4.69) is 43.1 Å². The number of fused-ring (bicyclic) bond motifs is 1. The summed E-state index contributed by atoms with van der Waals surface area (Å²) in [6.07, 6.45) is 2.79. The van der Waals surface area contributed by atoms with Crippen LogP contribution in [0.25, 0.3) is 0 Å². The highest BCUT2D eigenvalue weighted by Crippen LogP contribution is 2.47. The predicted molar refractivity (Wildman–Crippen MR) is 125 cm³/mol. The number of allylic oxidation sites excluding steroid dienone is 1. The van der Waals surface area contributed by atoms with Crippen LogP contribution in [0.1, 0.15) is 27.7 Å². The van der Waals surface area contributed by atoms with Crippen molar-refractivity contribution in [3.05, 3.63) is 58.6 Å². The topological polar surface area (TPSA) is 39.8 Å². The fraction of sp³-hybridized carbons (Fsp3) is 0.318. The van der Waals surface area contributed by atoms with Gasteiger partial charge in [0.25, 0.3) is 5.17 Å². The molecular formula is C22H29N4OS2+. The summed E-state index contributed by atoms with van der Waals surface area (Å²) in [5.41, 5.74) is 1.20. The Hall–Kier alpha value is -2.25. The maximum Gasteiger partial charge on any atom is 0.326 e. The van der Waals surface area contributed by atoms with Gasteiger partial charge in [-0.05, 0) is 48.8 Å². The largest absolute Gasteiger partial charge is 0.337 e. The molecule has 7 heteroatoms. The van der Waals surface area contributed by atoms with Gasteiger partial charge < -0.3 is 4.90 Å². The highest BCUT2D eigenvalue weighted by Gasteiger charge is 2.26. The van der Waals surface area contributed by atoms with Gasteiger partial charge in [0.1, 0.15) is 0 Å². The van der Waals surface area contributed by atoms with Gasteiger partial charge in [0, 0.05) is 29.5 Å². The van der Waals surface area contributed by atoms with Crippen LogP contribution in [0.5, 0.6) is 0 Å². The van der Waals surface area contributed by atoms with Crippen molar-refractivity contribution in [3.8, 4) is 0 Å². The molecule has 154 valence electrons. The molecule has 0 spiro atoms. The number of hydrogen-bond donors (Lipinski definition) is 0. The van der Waals surface area contributed by atoms with Gasteiger partial charge in [0.05, 0.1) is 24.0 Å². The van der Waals surface area contributed by atoms with Crippen LogP contribution >= 0.6 is 23.5 Å². The summed E-state index contributed by atoms with van der Waals surface area (Å²) in [6, 6.07) is 14.2. The predicted octanol–water partition coefficient (Wildman–Crippen LogP) is 5.17. The molecule has 0 fully saturated rings. The Labute approximate surface area is 182 Å². The summed E-state index contributed by atoms with van der Waals surface area (Å²) < 4.78 is 1.94. The highest BCUT2D eigenvalue weighted by atomic mass is 32.2. The van der Waals surface area contributed by atoms with E-state index in [0.29, 0.717) is 11.7 Å². The molecule has 0 bridgehead atoms. The number of aliphatic imine (C=N–C) groups is 1. The number of para-hydroxylation sites is 1. The van der Waals surface area contributed by atoms with Gasteiger partial charge in [-0.3, -0.25) is 9.69 Å². The molecule has 0 unspecified atom stereocenters. The van der Waals surface area contributed by atoms with Gasteiger partial charge >= 0.3 is 5.82 Å². The summed E-state index contributed by atoms with van der Waals surface area (Å²) in [7, 11) is 4.02. The number of benzene rings is 1. The monoisotopic (exact) mass is 429 g/mol. The zero-order chi connectivity index (χ0) is 21.4. The summed E-state index contributed by atoms with van der Waals surface area (Å²) in [6.45, 7) is 8.59. The molecule has 2 aromatic rings. The lowest BCUT2D eigenvalue weighted by molar-refractivity contribution is -0.658. The van der Waals surface area contributed by atoms with Crippen molar-refractivity contribution in [2.45, 2.75) is 32.6 Å². The Morgan fingerprint density at radius 2 is 1.93 bits per heavy atom. The van der Waals surface area contributed by atoms with E-state index < -0.39 is 0 Å². The molecule has 5 nitrogen and oxygen atoms in total. The van der Waals surface area contributed by atoms with Crippen LogP contribution in [0.3, 0.4) is 0 Å². The minimum atomic E-state index is 0.567. The number of thioether (sulfide) groups is 2. The number of rotatable bonds is 4. The number of nitrogens with zero attached hydrogens (tertiary/aromatic N) is 4. The van der Waals surface area contributed by atoms with E-state index in [1.54, 1.807) is 16.7 Å². The number of aryl methyl sites for hydroxylation is 1. The maximum atomic E-state index is 11.6. The Morgan fingerprint density at radius 3 is 2.55 bits per heavy atom. The Kier molecular flexibility index (Phi) is 8.79. The quantitative estimate of drug-likeness (QED) is 0.291. The summed E-state index contributed by atoms with van der Waals surface area (Å²) >= 11 is 3.27. The minimum Gasteiger partial charge on any atom is -0.337 e.